The molecule has 32 heavy (non-hydrogen) atoms. The average molecular weight is 431 g/mol. The third kappa shape index (κ3) is 5.78. The smallest absolute Gasteiger partial charge is 0.143 e. The molecule has 0 atom stereocenters. The first-order valence-electron chi connectivity index (χ1n) is 10.5. The maximum Gasteiger partial charge on any atom is 0.143 e. The second kappa shape index (κ2) is 8.91. The Labute approximate surface area is 189 Å². The van der Waals surface area contributed by atoms with E-state index in [2.05, 4.69) is 62.0 Å². The van der Waals surface area contributed by atoms with Crippen molar-refractivity contribution in [3.05, 3.63) is 71.8 Å². The molecule has 0 radical (unpaired) electrons. The van der Waals surface area contributed by atoms with E-state index in [-0.39, 0.29) is 22.3 Å². The van der Waals surface area contributed by atoms with Gasteiger partial charge in [-0.05, 0) is 70.5 Å². The van der Waals surface area contributed by atoms with Crippen LogP contribution in [0.3, 0.4) is 0 Å². The van der Waals surface area contributed by atoms with E-state index in [1.54, 1.807) is 36.4 Å². The molecule has 0 fully saturated rings. The second-order valence-corrected chi connectivity index (χ2v) is 9.82. The van der Waals surface area contributed by atoms with Crippen molar-refractivity contribution in [3.63, 3.8) is 0 Å². The monoisotopic (exact) mass is 430 g/mol. The minimum Gasteiger partial charge on any atom is -0.506 e. The molecule has 0 saturated heterocycles. The van der Waals surface area contributed by atoms with Crippen molar-refractivity contribution in [1.29, 1.82) is 0 Å². The number of benzene rings is 3. The van der Waals surface area contributed by atoms with Gasteiger partial charge in [0.15, 0.2) is 0 Å². The van der Waals surface area contributed by atoms with Gasteiger partial charge in [0.05, 0.1) is 11.4 Å². The van der Waals surface area contributed by atoms with Crippen molar-refractivity contribution in [2.75, 3.05) is 0 Å². The minimum absolute atomic E-state index is 0.0501. The highest BCUT2D eigenvalue weighted by atomic mass is 16.3. The highest BCUT2D eigenvalue weighted by Crippen LogP contribution is 2.35. The van der Waals surface area contributed by atoms with Gasteiger partial charge in [-0.15, -0.1) is 10.2 Å². The van der Waals surface area contributed by atoms with Crippen LogP contribution in [-0.2, 0) is 10.8 Å². The number of hydrogen-bond donors (Lipinski definition) is 2. The lowest BCUT2D eigenvalue weighted by molar-refractivity contribution is 0.474. The van der Waals surface area contributed by atoms with Gasteiger partial charge in [-0.25, -0.2) is 0 Å². The number of azo groups is 2. The molecule has 166 valence electrons. The maximum atomic E-state index is 10.1. The van der Waals surface area contributed by atoms with Crippen molar-refractivity contribution >= 4 is 22.7 Å². The first-order valence-corrected chi connectivity index (χ1v) is 10.5. The molecule has 0 spiro atoms. The van der Waals surface area contributed by atoms with E-state index >= 15 is 0 Å². The van der Waals surface area contributed by atoms with Gasteiger partial charge in [0, 0.05) is 0 Å². The summed E-state index contributed by atoms with van der Waals surface area (Å²) in [6, 6.07) is 17.8. The third-order valence-electron chi connectivity index (χ3n) is 5.08. The lowest BCUT2D eigenvalue weighted by atomic mass is 9.87. The normalized spacial score (nSPS) is 12.7. The maximum absolute atomic E-state index is 10.1. The van der Waals surface area contributed by atoms with Crippen LogP contribution in [0.1, 0.15) is 52.7 Å². The number of aromatic hydroxyl groups is 2. The predicted octanol–water partition coefficient (Wildman–Crippen LogP) is 8.52. The Hall–Kier alpha value is -3.54. The summed E-state index contributed by atoms with van der Waals surface area (Å²) >= 11 is 0. The van der Waals surface area contributed by atoms with Crippen LogP contribution in [-0.4, -0.2) is 10.2 Å². The van der Waals surface area contributed by atoms with Crippen LogP contribution in [0.2, 0.25) is 0 Å². The third-order valence-corrected chi connectivity index (χ3v) is 5.08. The zero-order chi connectivity index (χ0) is 23.5. The molecule has 0 unspecified atom stereocenters. The Morgan fingerprint density at radius 3 is 1.16 bits per heavy atom. The molecule has 6 nitrogen and oxygen atoms in total. The van der Waals surface area contributed by atoms with E-state index in [9.17, 15) is 10.2 Å². The summed E-state index contributed by atoms with van der Waals surface area (Å²) in [5.41, 5.74) is 4.14. The van der Waals surface area contributed by atoms with E-state index in [4.69, 9.17) is 0 Å². The summed E-state index contributed by atoms with van der Waals surface area (Å²) in [4.78, 5) is 0. The van der Waals surface area contributed by atoms with Gasteiger partial charge in [-0.1, -0.05) is 53.7 Å². The number of phenolic OH excluding ortho intramolecular Hbond substituents is 2. The molecular formula is C26H30N4O2. The topological polar surface area (TPSA) is 89.9 Å². The van der Waals surface area contributed by atoms with E-state index in [0.29, 0.717) is 22.7 Å². The Balaban J connectivity index is 1.77. The Kier molecular flexibility index (Phi) is 6.44. The molecule has 0 aliphatic heterocycles. The van der Waals surface area contributed by atoms with Crippen molar-refractivity contribution in [1.82, 2.24) is 0 Å². The van der Waals surface area contributed by atoms with E-state index in [0.717, 1.165) is 11.1 Å². The van der Waals surface area contributed by atoms with Crippen LogP contribution < -0.4 is 0 Å². The molecule has 0 saturated carbocycles. The lowest BCUT2D eigenvalue weighted by Gasteiger charge is -2.19. The van der Waals surface area contributed by atoms with E-state index in [1.165, 1.54) is 0 Å². The molecule has 0 heterocycles. The molecule has 0 bridgehead atoms. The summed E-state index contributed by atoms with van der Waals surface area (Å²) in [5.74, 6) is 0.175. The number of phenols is 2. The first kappa shape index (κ1) is 23.1. The highest BCUT2D eigenvalue weighted by Gasteiger charge is 2.16. The molecule has 3 rings (SSSR count). The van der Waals surface area contributed by atoms with Gasteiger partial charge in [-0.2, -0.15) is 10.2 Å². The van der Waals surface area contributed by atoms with Crippen LogP contribution in [0.4, 0.5) is 22.7 Å². The predicted molar refractivity (Wildman–Crippen MR) is 128 cm³/mol. The molecular weight excluding hydrogens is 400 g/mol. The van der Waals surface area contributed by atoms with Crippen LogP contribution in [0.15, 0.2) is 81.1 Å². The van der Waals surface area contributed by atoms with Crippen molar-refractivity contribution in [2.24, 2.45) is 20.5 Å². The van der Waals surface area contributed by atoms with Crippen LogP contribution >= 0.6 is 0 Å². The number of hydrogen-bond acceptors (Lipinski definition) is 6. The summed E-state index contributed by atoms with van der Waals surface area (Å²) in [6.07, 6.45) is 0. The van der Waals surface area contributed by atoms with E-state index in [1.807, 2.05) is 24.3 Å². The van der Waals surface area contributed by atoms with Gasteiger partial charge in [0.25, 0.3) is 0 Å². The minimum atomic E-state index is -0.0501. The van der Waals surface area contributed by atoms with Gasteiger partial charge in [-0.3, -0.25) is 0 Å². The molecule has 3 aromatic rings. The summed E-state index contributed by atoms with van der Waals surface area (Å²) < 4.78 is 0. The second-order valence-electron chi connectivity index (χ2n) is 9.82. The zero-order valence-electron chi connectivity index (χ0n) is 19.5. The number of rotatable bonds is 4. The van der Waals surface area contributed by atoms with Crippen molar-refractivity contribution in [3.8, 4) is 11.5 Å². The fourth-order valence-corrected chi connectivity index (χ4v) is 2.95. The standard InChI is InChI=1S/C26H30N4O2/c1-25(2,3)17-7-13-23(31)21(15-17)29-27-19-9-11-20(12-10-19)28-30-22-16-18(26(4,5)6)8-14-24(22)32/h7-16,31-32H,1-6H3. The molecule has 0 aliphatic carbocycles. The van der Waals surface area contributed by atoms with Gasteiger partial charge >= 0.3 is 0 Å². The largest absolute Gasteiger partial charge is 0.506 e. The van der Waals surface area contributed by atoms with Crippen molar-refractivity contribution in [2.45, 2.75) is 52.4 Å². The molecule has 3 aromatic carbocycles. The van der Waals surface area contributed by atoms with Gasteiger partial charge < -0.3 is 10.2 Å². The highest BCUT2D eigenvalue weighted by molar-refractivity contribution is 5.56. The van der Waals surface area contributed by atoms with Gasteiger partial charge in [0.2, 0.25) is 0 Å². The zero-order valence-corrected chi connectivity index (χ0v) is 19.5. The molecule has 6 heteroatoms. The number of nitrogens with zero attached hydrogens (tertiary/aromatic N) is 4. The van der Waals surface area contributed by atoms with Crippen LogP contribution in [0.5, 0.6) is 11.5 Å². The van der Waals surface area contributed by atoms with E-state index < -0.39 is 0 Å². The fraction of sp³-hybridized carbons (Fsp3) is 0.308. The van der Waals surface area contributed by atoms with Gasteiger partial charge in [0.1, 0.15) is 22.9 Å². The first-order chi connectivity index (χ1) is 14.9. The summed E-state index contributed by atoms with van der Waals surface area (Å²) in [5, 5.41) is 37.0. The summed E-state index contributed by atoms with van der Waals surface area (Å²) in [7, 11) is 0. The molecule has 2 N–H and O–H groups in total. The Bertz CT molecular complexity index is 1060. The fourth-order valence-electron chi connectivity index (χ4n) is 2.95. The quantitative estimate of drug-likeness (QED) is 0.406. The average Bonchev–Trinajstić information content (AvgIpc) is 2.71. The molecule has 0 amide bonds. The SMILES string of the molecule is CC(C)(C)c1ccc(O)c(N=Nc2ccc(N=Nc3cc(C(C)(C)C)ccc3O)cc2)c1. The van der Waals surface area contributed by atoms with Crippen LogP contribution in [0.25, 0.3) is 0 Å². The van der Waals surface area contributed by atoms with Crippen molar-refractivity contribution < 1.29 is 10.2 Å². The molecule has 0 aromatic heterocycles. The summed E-state index contributed by atoms with van der Waals surface area (Å²) in [6.45, 7) is 12.6. The molecule has 0 aliphatic rings. The Morgan fingerprint density at radius 2 is 0.844 bits per heavy atom. The Morgan fingerprint density at radius 1 is 0.500 bits per heavy atom. The van der Waals surface area contributed by atoms with Crippen LogP contribution in [0, 0.1) is 0 Å². The lowest BCUT2D eigenvalue weighted by Crippen LogP contribution is -2.10.